The molecule has 1 aliphatic rings. The van der Waals surface area contributed by atoms with E-state index in [-0.39, 0.29) is 10.8 Å². The fourth-order valence-corrected chi connectivity index (χ4v) is 6.08. The lowest BCUT2D eigenvalue weighted by atomic mass is 10.1. The van der Waals surface area contributed by atoms with Gasteiger partial charge < -0.3 is 5.32 Å². The standard InChI is InChI=1S/C22H26Cl2N2O3S2/c1-16-5-7-18(31(28,29)26-10-3-2-4-11-26)14-19(16)22(27)25-9-12-30-15-17-6-8-20(23)21(24)13-17/h5-8,13-14H,2-4,9-12,15H2,1H3,(H,25,27). The molecule has 1 amide bonds. The van der Waals surface area contributed by atoms with E-state index in [1.54, 1.807) is 30.0 Å². The Balaban J connectivity index is 1.56. The minimum absolute atomic E-state index is 0.180. The normalized spacial score (nSPS) is 15.1. The van der Waals surface area contributed by atoms with Crippen LogP contribution in [-0.4, -0.2) is 44.0 Å². The first-order chi connectivity index (χ1) is 14.8. The molecule has 5 nitrogen and oxygen atoms in total. The van der Waals surface area contributed by atoms with Crippen molar-refractivity contribution in [3.05, 3.63) is 63.1 Å². The molecule has 0 bridgehead atoms. The summed E-state index contributed by atoms with van der Waals surface area (Å²) in [5.74, 6) is 1.22. The van der Waals surface area contributed by atoms with Crippen molar-refractivity contribution in [2.24, 2.45) is 0 Å². The summed E-state index contributed by atoms with van der Waals surface area (Å²) in [5, 5.41) is 3.95. The highest BCUT2D eigenvalue weighted by molar-refractivity contribution is 7.98. The lowest BCUT2D eigenvalue weighted by molar-refractivity contribution is 0.0955. The maximum atomic E-state index is 12.9. The lowest BCUT2D eigenvalue weighted by Gasteiger charge is -2.26. The Labute approximate surface area is 198 Å². The molecule has 0 unspecified atom stereocenters. The maximum absolute atomic E-state index is 12.9. The third kappa shape index (κ3) is 6.39. The molecule has 1 aliphatic heterocycles. The average Bonchev–Trinajstić information content (AvgIpc) is 2.76. The van der Waals surface area contributed by atoms with E-state index in [1.807, 2.05) is 19.1 Å². The summed E-state index contributed by atoms with van der Waals surface area (Å²) >= 11 is 13.6. The molecular formula is C22H26Cl2N2O3S2. The molecule has 0 radical (unpaired) electrons. The molecule has 0 aromatic heterocycles. The zero-order chi connectivity index (χ0) is 22.4. The topological polar surface area (TPSA) is 66.5 Å². The molecule has 1 heterocycles. The van der Waals surface area contributed by atoms with E-state index in [4.69, 9.17) is 23.2 Å². The van der Waals surface area contributed by atoms with Crippen LogP contribution in [0.3, 0.4) is 0 Å². The molecule has 1 N–H and O–H groups in total. The Kier molecular flexibility index (Phi) is 8.70. The van der Waals surface area contributed by atoms with Gasteiger partial charge in [0.15, 0.2) is 0 Å². The van der Waals surface area contributed by atoms with Gasteiger partial charge in [0.25, 0.3) is 5.91 Å². The second kappa shape index (κ2) is 11.1. The number of carbonyl (C=O) groups excluding carboxylic acids is 1. The number of aryl methyl sites for hydroxylation is 1. The van der Waals surface area contributed by atoms with E-state index < -0.39 is 10.0 Å². The summed E-state index contributed by atoms with van der Waals surface area (Å²) in [5.41, 5.74) is 2.21. The first-order valence-corrected chi connectivity index (χ1v) is 13.5. The number of benzene rings is 2. The third-order valence-corrected chi connectivity index (χ3v) is 8.86. The zero-order valence-electron chi connectivity index (χ0n) is 17.4. The van der Waals surface area contributed by atoms with Crippen LogP contribution in [0.25, 0.3) is 0 Å². The summed E-state index contributed by atoms with van der Waals surface area (Å²) < 4.78 is 27.4. The van der Waals surface area contributed by atoms with Gasteiger partial charge in [-0.05, 0) is 55.2 Å². The number of nitrogens with zero attached hydrogens (tertiary/aromatic N) is 1. The van der Waals surface area contributed by atoms with Crippen molar-refractivity contribution < 1.29 is 13.2 Å². The van der Waals surface area contributed by atoms with Crippen LogP contribution < -0.4 is 5.32 Å². The number of hydrogen-bond acceptors (Lipinski definition) is 4. The van der Waals surface area contributed by atoms with E-state index >= 15 is 0 Å². The van der Waals surface area contributed by atoms with Crippen LogP contribution in [0.4, 0.5) is 0 Å². The first kappa shape index (κ1) is 24.4. The molecule has 2 aromatic carbocycles. The van der Waals surface area contributed by atoms with Crippen molar-refractivity contribution in [3.8, 4) is 0 Å². The van der Waals surface area contributed by atoms with E-state index in [9.17, 15) is 13.2 Å². The van der Waals surface area contributed by atoms with Gasteiger partial charge in [0, 0.05) is 36.7 Å². The van der Waals surface area contributed by atoms with Crippen LogP contribution in [0.1, 0.15) is 40.7 Å². The van der Waals surface area contributed by atoms with Gasteiger partial charge in [-0.25, -0.2) is 8.42 Å². The number of halogens is 2. The smallest absolute Gasteiger partial charge is 0.251 e. The van der Waals surface area contributed by atoms with Crippen molar-refractivity contribution in [2.45, 2.75) is 36.8 Å². The summed E-state index contributed by atoms with van der Waals surface area (Å²) in [6.07, 6.45) is 2.80. The molecule has 3 rings (SSSR count). The minimum atomic E-state index is -3.57. The van der Waals surface area contributed by atoms with Crippen LogP contribution in [0.2, 0.25) is 10.0 Å². The van der Waals surface area contributed by atoms with E-state index in [0.717, 1.165) is 41.9 Å². The largest absolute Gasteiger partial charge is 0.351 e. The number of carbonyl (C=O) groups is 1. The molecule has 9 heteroatoms. The second-order valence-electron chi connectivity index (χ2n) is 7.50. The fourth-order valence-electron chi connectivity index (χ4n) is 3.41. The van der Waals surface area contributed by atoms with Gasteiger partial charge in [0.2, 0.25) is 10.0 Å². The van der Waals surface area contributed by atoms with Gasteiger partial charge in [-0.15, -0.1) is 0 Å². The number of amides is 1. The Morgan fingerprint density at radius 2 is 1.81 bits per heavy atom. The van der Waals surface area contributed by atoms with Crippen LogP contribution in [-0.2, 0) is 15.8 Å². The van der Waals surface area contributed by atoms with Gasteiger partial charge in [-0.3, -0.25) is 4.79 Å². The number of nitrogens with one attached hydrogen (secondary N) is 1. The van der Waals surface area contributed by atoms with E-state index in [1.165, 1.54) is 10.4 Å². The van der Waals surface area contributed by atoms with Crippen molar-refractivity contribution >= 4 is 50.9 Å². The summed E-state index contributed by atoms with van der Waals surface area (Å²) in [6, 6.07) is 10.3. The van der Waals surface area contributed by atoms with Crippen molar-refractivity contribution in [2.75, 3.05) is 25.4 Å². The SMILES string of the molecule is Cc1ccc(S(=O)(=O)N2CCCCC2)cc1C(=O)NCCSCc1ccc(Cl)c(Cl)c1. The zero-order valence-corrected chi connectivity index (χ0v) is 20.5. The van der Waals surface area contributed by atoms with Gasteiger partial charge in [0.05, 0.1) is 14.9 Å². The van der Waals surface area contributed by atoms with Gasteiger partial charge in [-0.1, -0.05) is 41.8 Å². The Hall–Kier alpha value is -1.25. The quantitative estimate of drug-likeness (QED) is 0.509. The molecule has 1 saturated heterocycles. The van der Waals surface area contributed by atoms with E-state index in [0.29, 0.717) is 35.2 Å². The molecule has 1 fully saturated rings. The molecule has 0 aliphatic carbocycles. The van der Waals surface area contributed by atoms with Crippen LogP contribution in [0, 0.1) is 6.92 Å². The number of thioether (sulfide) groups is 1. The highest BCUT2D eigenvalue weighted by Gasteiger charge is 2.27. The van der Waals surface area contributed by atoms with Crippen LogP contribution in [0.5, 0.6) is 0 Å². The number of rotatable bonds is 8. The highest BCUT2D eigenvalue weighted by atomic mass is 35.5. The van der Waals surface area contributed by atoms with Crippen molar-refractivity contribution in [1.82, 2.24) is 9.62 Å². The minimum Gasteiger partial charge on any atom is -0.351 e. The van der Waals surface area contributed by atoms with Gasteiger partial charge in [-0.2, -0.15) is 16.1 Å². The average molecular weight is 502 g/mol. The first-order valence-electron chi connectivity index (χ1n) is 10.2. The van der Waals surface area contributed by atoms with Crippen LogP contribution in [0.15, 0.2) is 41.3 Å². The monoisotopic (exact) mass is 500 g/mol. The summed E-state index contributed by atoms with van der Waals surface area (Å²) in [4.78, 5) is 12.9. The molecular weight excluding hydrogens is 475 g/mol. The van der Waals surface area contributed by atoms with Gasteiger partial charge >= 0.3 is 0 Å². The Bertz CT molecular complexity index is 1040. The van der Waals surface area contributed by atoms with Crippen LogP contribution >= 0.6 is 35.0 Å². The Morgan fingerprint density at radius 1 is 1.06 bits per heavy atom. The maximum Gasteiger partial charge on any atom is 0.251 e. The summed E-state index contributed by atoms with van der Waals surface area (Å²) in [6.45, 7) is 3.36. The number of piperidine rings is 1. The molecule has 0 atom stereocenters. The Morgan fingerprint density at radius 3 is 2.52 bits per heavy atom. The predicted molar refractivity (Wildman–Crippen MR) is 129 cm³/mol. The van der Waals surface area contributed by atoms with Crippen molar-refractivity contribution in [3.63, 3.8) is 0 Å². The molecule has 168 valence electrons. The molecule has 0 saturated carbocycles. The second-order valence-corrected chi connectivity index (χ2v) is 11.4. The number of hydrogen-bond donors (Lipinski definition) is 1. The predicted octanol–water partition coefficient (Wildman–Crippen LogP) is 5.14. The lowest BCUT2D eigenvalue weighted by Crippen LogP contribution is -2.35. The van der Waals surface area contributed by atoms with Gasteiger partial charge in [0.1, 0.15) is 0 Å². The van der Waals surface area contributed by atoms with E-state index in [2.05, 4.69) is 5.32 Å². The molecule has 31 heavy (non-hydrogen) atoms. The highest BCUT2D eigenvalue weighted by Crippen LogP contribution is 2.25. The molecule has 0 spiro atoms. The molecule has 2 aromatic rings. The summed E-state index contributed by atoms with van der Waals surface area (Å²) in [7, 11) is -3.57. The number of sulfonamides is 1. The third-order valence-electron chi connectivity index (χ3n) is 5.19. The van der Waals surface area contributed by atoms with Crippen molar-refractivity contribution in [1.29, 1.82) is 0 Å². The fraction of sp³-hybridized carbons (Fsp3) is 0.409.